The first-order valence-electron chi connectivity index (χ1n) is 15.0. The zero-order chi connectivity index (χ0) is 29.6. The third-order valence-electron chi connectivity index (χ3n) is 8.05. The number of carbonyl (C=O) groups is 1. The lowest BCUT2D eigenvalue weighted by molar-refractivity contribution is 0.0595. The molecule has 1 saturated heterocycles. The van der Waals surface area contributed by atoms with Crippen LogP contribution in [0.4, 0.5) is 0 Å². The van der Waals surface area contributed by atoms with E-state index in [0.717, 1.165) is 78.6 Å². The molecule has 5 aromatic rings. The van der Waals surface area contributed by atoms with Crippen LogP contribution in [0.15, 0.2) is 97.6 Å². The zero-order valence-corrected chi connectivity index (χ0v) is 24.8. The van der Waals surface area contributed by atoms with E-state index in [4.69, 9.17) is 10.1 Å². The number of hydrogen-bond donors (Lipinski definition) is 0. The maximum Gasteiger partial charge on any atom is 0.253 e. The molecule has 1 aliphatic rings. The van der Waals surface area contributed by atoms with Gasteiger partial charge in [-0.05, 0) is 61.7 Å². The third kappa shape index (κ3) is 6.87. The second kappa shape index (κ2) is 13.1. The number of hydrogen-bond acceptors (Lipinski definition) is 6. The fourth-order valence-corrected chi connectivity index (χ4v) is 5.53. The standard InChI is InChI=1S/C35H37N7O/c1-26(2)40-19-21-41(22-20-40)35(43)29-12-10-28(11-13-29)23-33-37-17-14-32(38-33)31-25-42(18-15-27-7-4-3-5-8-27)39-34(31)30-9-6-16-36-24-30/h3-14,16-17,24-26H,15,18-23H2,1-2H3. The Hall–Kier alpha value is -4.69. The minimum Gasteiger partial charge on any atom is -0.336 e. The van der Waals surface area contributed by atoms with Gasteiger partial charge in [-0.1, -0.05) is 42.5 Å². The van der Waals surface area contributed by atoms with Crippen LogP contribution in [-0.4, -0.2) is 72.7 Å². The molecule has 1 fully saturated rings. The second-order valence-electron chi connectivity index (χ2n) is 11.3. The molecule has 0 aliphatic carbocycles. The molecule has 0 saturated carbocycles. The van der Waals surface area contributed by atoms with Crippen molar-refractivity contribution in [1.82, 2.24) is 34.5 Å². The van der Waals surface area contributed by atoms with Crippen molar-refractivity contribution in [2.24, 2.45) is 0 Å². The first kappa shape index (κ1) is 28.4. The molecule has 1 amide bonds. The summed E-state index contributed by atoms with van der Waals surface area (Å²) in [6.45, 7) is 8.54. The van der Waals surface area contributed by atoms with Crippen LogP contribution < -0.4 is 0 Å². The summed E-state index contributed by atoms with van der Waals surface area (Å²) < 4.78 is 1.99. The molecule has 3 aromatic heterocycles. The SMILES string of the molecule is CC(C)N1CCN(C(=O)c2ccc(Cc3nccc(-c4cn(CCc5ccccc5)nc4-c4cccnc4)n3)cc2)CC1. The molecule has 0 unspecified atom stereocenters. The second-order valence-corrected chi connectivity index (χ2v) is 11.3. The quantitative estimate of drug-likeness (QED) is 0.236. The highest BCUT2D eigenvalue weighted by Crippen LogP contribution is 2.30. The first-order chi connectivity index (χ1) is 21.0. The zero-order valence-electron chi connectivity index (χ0n) is 24.8. The Labute approximate surface area is 253 Å². The molecule has 43 heavy (non-hydrogen) atoms. The Balaban J connectivity index is 1.18. The van der Waals surface area contributed by atoms with Gasteiger partial charge in [0.2, 0.25) is 0 Å². The van der Waals surface area contributed by atoms with E-state index in [9.17, 15) is 4.79 Å². The fourth-order valence-electron chi connectivity index (χ4n) is 5.53. The Morgan fingerprint density at radius 3 is 2.37 bits per heavy atom. The molecule has 2 aromatic carbocycles. The van der Waals surface area contributed by atoms with Gasteiger partial charge in [0.25, 0.3) is 5.91 Å². The van der Waals surface area contributed by atoms with Gasteiger partial charge in [-0.15, -0.1) is 0 Å². The molecule has 0 spiro atoms. The highest BCUT2D eigenvalue weighted by atomic mass is 16.2. The number of pyridine rings is 1. The monoisotopic (exact) mass is 571 g/mol. The molecule has 1 aliphatic heterocycles. The van der Waals surface area contributed by atoms with E-state index in [0.29, 0.717) is 12.5 Å². The van der Waals surface area contributed by atoms with E-state index in [2.05, 4.69) is 59.2 Å². The highest BCUT2D eigenvalue weighted by molar-refractivity contribution is 5.94. The number of aromatic nitrogens is 5. The van der Waals surface area contributed by atoms with Gasteiger partial charge < -0.3 is 4.90 Å². The van der Waals surface area contributed by atoms with Crippen LogP contribution in [0.5, 0.6) is 0 Å². The smallest absolute Gasteiger partial charge is 0.253 e. The van der Waals surface area contributed by atoms with Crippen molar-refractivity contribution >= 4 is 5.91 Å². The van der Waals surface area contributed by atoms with Gasteiger partial charge in [0.15, 0.2) is 0 Å². The summed E-state index contributed by atoms with van der Waals surface area (Å²) in [7, 11) is 0. The molecule has 0 bridgehead atoms. The first-order valence-corrected chi connectivity index (χ1v) is 15.0. The molecule has 8 nitrogen and oxygen atoms in total. The van der Waals surface area contributed by atoms with Crippen molar-refractivity contribution in [2.75, 3.05) is 26.2 Å². The maximum absolute atomic E-state index is 13.1. The molecule has 0 N–H and O–H groups in total. The van der Waals surface area contributed by atoms with Crippen molar-refractivity contribution in [3.63, 3.8) is 0 Å². The summed E-state index contributed by atoms with van der Waals surface area (Å²) >= 11 is 0. The number of nitrogens with zero attached hydrogens (tertiary/aromatic N) is 7. The van der Waals surface area contributed by atoms with Crippen molar-refractivity contribution in [2.45, 2.75) is 39.3 Å². The average Bonchev–Trinajstić information content (AvgIpc) is 3.49. The number of aryl methyl sites for hydroxylation is 2. The Kier molecular flexibility index (Phi) is 8.65. The number of amides is 1. The lowest BCUT2D eigenvalue weighted by Crippen LogP contribution is -2.50. The lowest BCUT2D eigenvalue weighted by atomic mass is 10.1. The number of carbonyl (C=O) groups excluding carboxylic acids is 1. The van der Waals surface area contributed by atoms with E-state index in [1.807, 2.05) is 64.3 Å². The molecule has 218 valence electrons. The normalized spacial score (nSPS) is 13.9. The summed E-state index contributed by atoms with van der Waals surface area (Å²) in [5, 5.41) is 4.94. The van der Waals surface area contributed by atoms with E-state index >= 15 is 0 Å². The Morgan fingerprint density at radius 2 is 1.65 bits per heavy atom. The van der Waals surface area contributed by atoms with Crippen LogP contribution in [0.1, 0.15) is 41.2 Å². The fraction of sp³-hybridized carbons (Fsp3) is 0.286. The summed E-state index contributed by atoms with van der Waals surface area (Å²) in [4.78, 5) is 31.3. The van der Waals surface area contributed by atoms with Crippen LogP contribution in [0.3, 0.4) is 0 Å². The largest absolute Gasteiger partial charge is 0.336 e. The van der Waals surface area contributed by atoms with Gasteiger partial charge in [0, 0.05) is 86.7 Å². The van der Waals surface area contributed by atoms with Gasteiger partial charge in [-0.2, -0.15) is 5.10 Å². The topological polar surface area (TPSA) is 80.0 Å². The van der Waals surface area contributed by atoms with Crippen LogP contribution in [0.25, 0.3) is 22.5 Å². The van der Waals surface area contributed by atoms with Crippen LogP contribution in [0, 0.1) is 0 Å². The van der Waals surface area contributed by atoms with Gasteiger partial charge in [0.05, 0.1) is 5.69 Å². The molecular weight excluding hydrogens is 534 g/mol. The third-order valence-corrected chi connectivity index (χ3v) is 8.05. The molecule has 0 radical (unpaired) electrons. The van der Waals surface area contributed by atoms with Crippen molar-refractivity contribution in [3.05, 3.63) is 120 Å². The maximum atomic E-state index is 13.1. The van der Waals surface area contributed by atoms with Crippen LogP contribution in [0.2, 0.25) is 0 Å². The minimum absolute atomic E-state index is 0.0976. The predicted molar refractivity (Wildman–Crippen MR) is 168 cm³/mol. The van der Waals surface area contributed by atoms with E-state index in [1.165, 1.54) is 5.56 Å². The van der Waals surface area contributed by atoms with Crippen molar-refractivity contribution < 1.29 is 4.79 Å². The van der Waals surface area contributed by atoms with Gasteiger partial charge >= 0.3 is 0 Å². The molecule has 6 rings (SSSR count). The van der Waals surface area contributed by atoms with Gasteiger partial charge in [-0.3, -0.25) is 19.4 Å². The summed E-state index contributed by atoms with van der Waals surface area (Å²) in [6.07, 6.45) is 8.93. The number of piperazine rings is 1. The molecule has 8 heteroatoms. The number of benzene rings is 2. The van der Waals surface area contributed by atoms with Crippen LogP contribution in [-0.2, 0) is 19.4 Å². The molecular formula is C35H37N7O. The van der Waals surface area contributed by atoms with E-state index in [1.54, 1.807) is 12.4 Å². The summed E-state index contributed by atoms with van der Waals surface area (Å²) in [6, 6.07) is 24.7. The minimum atomic E-state index is 0.0976. The van der Waals surface area contributed by atoms with E-state index in [-0.39, 0.29) is 5.91 Å². The van der Waals surface area contributed by atoms with Crippen molar-refractivity contribution in [1.29, 1.82) is 0 Å². The Morgan fingerprint density at radius 1 is 0.860 bits per heavy atom. The summed E-state index contributed by atoms with van der Waals surface area (Å²) in [5.41, 5.74) is 6.62. The molecule has 4 heterocycles. The summed E-state index contributed by atoms with van der Waals surface area (Å²) in [5.74, 6) is 0.816. The van der Waals surface area contributed by atoms with E-state index < -0.39 is 0 Å². The van der Waals surface area contributed by atoms with Crippen LogP contribution >= 0.6 is 0 Å². The predicted octanol–water partition coefficient (Wildman–Crippen LogP) is 5.40. The van der Waals surface area contributed by atoms with Gasteiger partial charge in [0.1, 0.15) is 11.5 Å². The number of rotatable bonds is 9. The lowest BCUT2D eigenvalue weighted by Gasteiger charge is -2.37. The average molecular weight is 572 g/mol. The van der Waals surface area contributed by atoms with Crippen molar-refractivity contribution in [3.8, 4) is 22.5 Å². The highest BCUT2D eigenvalue weighted by Gasteiger charge is 2.23. The van der Waals surface area contributed by atoms with Gasteiger partial charge in [-0.25, -0.2) is 9.97 Å². The molecule has 0 atom stereocenters. The Bertz CT molecular complexity index is 1640.